The van der Waals surface area contributed by atoms with Crippen molar-refractivity contribution in [1.82, 2.24) is 4.31 Å². The number of aliphatic hydroxyl groups excluding tert-OH is 1. The monoisotopic (exact) mass is 257 g/mol. The molecule has 0 spiro atoms. The topological polar surface area (TPSA) is 57.6 Å². The summed E-state index contributed by atoms with van der Waals surface area (Å²) in [7, 11) is -2.02. The molecule has 5 heteroatoms. The van der Waals surface area contributed by atoms with Gasteiger partial charge in [-0.15, -0.1) is 0 Å². The van der Waals surface area contributed by atoms with E-state index in [4.69, 9.17) is 0 Å². The Morgan fingerprint density at radius 2 is 1.82 bits per heavy atom. The average molecular weight is 257 g/mol. The second-order valence-electron chi connectivity index (χ2n) is 4.13. The van der Waals surface area contributed by atoms with Gasteiger partial charge < -0.3 is 5.11 Å². The van der Waals surface area contributed by atoms with Gasteiger partial charge in [0.25, 0.3) is 0 Å². The SMILES string of the molecule is CCc1ccc(S(=O)(=O)N(C)CC(C)O)cc1. The highest BCUT2D eigenvalue weighted by atomic mass is 32.2. The van der Waals surface area contributed by atoms with Crippen LogP contribution in [0.2, 0.25) is 0 Å². The van der Waals surface area contributed by atoms with Crippen molar-refractivity contribution < 1.29 is 13.5 Å². The van der Waals surface area contributed by atoms with E-state index in [1.807, 2.05) is 19.1 Å². The van der Waals surface area contributed by atoms with Crippen molar-refractivity contribution in [2.24, 2.45) is 0 Å². The van der Waals surface area contributed by atoms with E-state index in [1.165, 1.54) is 11.4 Å². The summed E-state index contributed by atoms with van der Waals surface area (Å²) in [5.74, 6) is 0. The predicted molar refractivity (Wildman–Crippen MR) is 67.3 cm³/mol. The van der Waals surface area contributed by atoms with E-state index in [2.05, 4.69) is 0 Å². The molecule has 0 bridgehead atoms. The maximum atomic E-state index is 12.1. The van der Waals surface area contributed by atoms with E-state index < -0.39 is 16.1 Å². The zero-order chi connectivity index (χ0) is 13.1. The lowest BCUT2D eigenvalue weighted by atomic mass is 10.2. The largest absolute Gasteiger partial charge is 0.392 e. The van der Waals surface area contributed by atoms with Gasteiger partial charge in [-0.1, -0.05) is 19.1 Å². The summed E-state index contributed by atoms with van der Waals surface area (Å²) in [6, 6.07) is 6.83. The van der Waals surface area contributed by atoms with Crippen molar-refractivity contribution in [2.75, 3.05) is 13.6 Å². The summed E-state index contributed by atoms with van der Waals surface area (Å²) in [4.78, 5) is 0.262. The van der Waals surface area contributed by atoms with Gasteiger partial charge in [0.05, 0.1) is 11.0 Å². The summed E-state index contributed by atoms with van der Waals surface area (Å²) in [6.07, 6.45) is 0.203. The molecule has 0 amide bonds. The summed E-state index contributed by atoms with van der Waals surface area (Å²) in [5.41, 5.74) is 1.10. The third kappa shape index (κ3) is 3.52. The molecule has 0 aliphatic carbocycles. The molecule has 1 N–H and O–H groups in total. The minimum absolute atomic E-state index is 0.0951. The first-order chi connectivity index (χ1) is 7.87. The minimum atomic E-state index is -3.49. The lowest BCUT2D eigenvalue weighted by Gasteiger charge is -2.18. The Morgan fingerprint density at radius 1 is 1.29 bits per heavy atom. The van der Waals surface area contributed by atoms with Crippen LogP contribution in [-0.2, 0) is 16.4 Å². The first-order valence-corrected chi connectivity index (χ1v) is 7.05. The summed E-state index contributed by atoms with van der Waals surface area (Å²) >= 11 is 0. The van der Waals surface area contributed by atoms with Gasteiger partial charge in [0.2, 0.25) is 10.0 Å². The fourth-order valence-electron chi connectivity index (χ4n) is 1.55. The van der Waals surface area contributed by atoms with Gasteiger partial charge >= 0.3 is 0 Å². The quantitative estimate of drug-likeness (QED) is 0.863. The van der Waals surface area contributed by atoms with Crippen LogP contribution in [0, 0.1) is 0 Å². The number of likely N-dealkylation sites (N-methyl/N-ethyl adjacent to an activating group) is 1. The van der Waals surface area contributed by atoms with Gasteiger partial charge in [-0.05, 0) is 31.0 Å². The van der Waals surface area contributed by atoms with Crippen LogP contribution in [-0.4, -0.2) is 37.5 Å². The molecule has 0 radical (unpaired) electrons. The van der Waals surface area contributed by atoms with E-state index in [-0.39, 0.29) is 11.4 Å². The zero-order valence-electron chi connectivity index (χ0n) is 10.4. The molecule has 0 fully saturated rings. The fourth-order valence-corrected chi connectivity index (χ4v) is 2.80. The van der Waals surface area contributed by atoms with Gasteiger partial charge in [-0.3, -0.25) is 0 Å². The van der Waals surface area contributed by atoms with E-state index in [0.717, 1.165) is 12.0 Å². The van der Waals surface area contributed by atoms with Gasteiger partial charge in [0, 0.05) is 13.6 Å². The third-order valence-electron chi connectivity index (χ3n) is 2.56. The number of aryl methyl sites for hydroxylation is 1. The maximum absolute atomic E-state index is 12.1. The van der Waals surface area contributed by atoms with Crippen molar-refractivity contribution in [3.63, 3.8) is 0 Å². The maximum Gasteiger partial charge on any atom is 0.242 e. The van der Waals surface area contributed by atoms with Crippen LogP contribution in [0.5, 0.6) is 0 Å². The van der Waals surface area contributed by atoms with Crippen molar-refractivity contribution >= 4 is 10.0 Å². The molecule has 0 saturated carbocycles. The van der Waals surface area contributed by atoms with Gasteiger partial charge in [0.1, 0.15) is 0 Å². The molecular formula is C12H19NO3S. The number of benzene rings is 1. The standard InChI is InChI=1S/C12H19NO3S/c1-4-11-5-7-12(8-6-11)17(15,16)13(3)9-10(2)14/h5-8,10,14H,4,9H2,1-3H3. The number of rotatable bonds is 5. The van der Waals surface area contributed by atoms with E-state index in [0.29, 0.717) is 0 Å². The number of aliphatic hydroxyl groups is 1. The van der Waals surface area contributed by atoms with Crippen molar-refractivity contribution in [3.05, 3.63) is 29.8 Å². The number of nitrogens with zero attached hydrogens (tertiary/aromatic N) is 1. The number of hydrogen-bond donors (Lipinski definition) is 1. The van der Waals surface area contributed by atoms with Crippen LogP contribution in [0.25, 0.3) is 0 Å². The van der Waals surface area contributed by atoms with E-state index in [9.17, 15) is 13.5 Å². The van der Waals surface area contributed by atoms with Crippen molar-refractivity contribution in [1.29, 1.82) is 0 Å². The smallest absolute Gasteiger partial charge is 0.242 e. The molecule has 1 unspecified atom stereocenters. The number of sulfonamides is 1. The molecule has 1 aromatic carbocycles. The molecule has 4 nitrogen and oxygen atoms in total. The fraction of sp³-hybridized carbons (Fsp3) is 0.500. The Balaban J connectivity index is 2.96. The Bertz CT molecular complexity index is 451. The van der Waals surface area contributed by atoms with Crippen LogP contribution in [0.4, 0.5) is 0 Å². The molecule has 1 rings (SSSR count). The molecule has 1 aromatic rings. The zero-order valence-corrected chi connectivity index (χ0v) is 11.2. The minimum Gasteiger partial charge on any atom is -0.392 e. The second kappa shape index (κ2) is 5.62. The Hall–Kier alpha value is -0.910. The normalized spacial score (nSPS) is 13.9. The highest BCUT2D eigenvalue weighted by molar-refractivity contribution is 7.89. The summed E-state index contributed by atoms with van der Waals surface area (Å²) in [6.45, 7) is 3.67. The summed E-state index contributed by atoms with van der Waals surface area (Å²) < 4.78 is 25.3. The van der Waals surface area contributed by atoms with Gasteiger partial charge in [-0.2, -0.15) is 4.31 Å². The van der Waals surface area contributed by atoms with Crippen LogP contribution < -0.4 is 0 Å². The highest BCUT2D eigenvalue weighted by Gasteiger charge is 2.21. The number of hydrogen-bond acceptors (Lipinski definition) is 3. The molecule has 17 heavy (non-hydrogen) atoms. The lowest BCUT2D eigenvalue weighted by molar-refractivity contribution is 0.171. The van der Waals surface area contributed by atoms with Crippen LogP contribution in [0.1, 0.15) is 19.4 Å². The van der Waals surface area contributed by atoms with Crippen LogP contribution in [0.15, 0.2) is 29.2 Å². The van der Waals surface area contributed by atoms with Gasteiger partial charge in [0.15, 0.2) is 0 Å². The molecular weight excluding hydrogens is 238 g/mol. The summed E-state index contributed by atoms with van der Waals surface area (Å²) in [5, 5.41) is 9.21. The second-order valence-corrected chi connectivity index (χ2v) is 6.18. The Labute approximate surface area is 103 Å². The van der Waals surface area contributed by atoms with Gasteiger partial charge in [-0.25, -0.2) is 8.42 Å². The Kier molecular flexibility index (Phi) is 4.68. The first kappa shape index (κ1) is 14.2. The van der Waals surface area contributed by atoms with E-state index >= 15 is 0 Å². The van der Waals surface area contributed by atoms with Crippen molar-refractivity contribution in [2.45, 2.75) is 31.3 Å². The third-order valence-corrected chi connectivity index (χ3v) is 4.40. The van der Waals surface area contributed by atoms with E-state index in [1.54, 1.807) is 19.1 Å². The average Bonchev–Trinajstić information content (AvgIpc) is 2.28. The highest BCUT2D eigenvalue weighted by Crippen LogP contribution is 2.15. The first-order valence-electron chi connectivity index (χ1n) is 5.61. The molecule has 0 saturated heterocycles. The van der Waals surface area contributed by atoms with Crippen LogP contribution in [0.3, 0.4) is 0 Å². The lowest BCUT2D eigenvalue weighted by Crippen LogP contribution is -2.33. The van der Waals surface area contributed by atoms with Crippen molar-refractivity contribution in [3.8, 4) is 0 Å². The molecule has 1 atom stereocenters. The molecule has 0 aliphatic rings. The predicted octanol–water partition coefficient (Wildman–Crippen LogP) is 1.25. The molecule has 96 valence electrons. The Morgan fingerprint density at radius 3 is 2.24 bits per heavy atom. The molecule has 0 aromatic heterocycles. The molecule has 0 aliphatic heterocycles. The van der Waals surface area contributed by atoms with Crippen LogP contribution >= 0.6 is 0 Å². The molecule has 0 heterocycles.